The number of hydrogen-bond donors (Lipinski definition) is 3. The Bertz CT molecular complexity index is 870. The van der Waals surface area contributed by atoms with E-state index in [0.29, 0.717) is 0 Å². The first-order valence-electron chi connectivity index (χ1n) is 9.52. The number of carbonyl (C=O) groups is 2. The summed E-state index contributed by atoms with van der Waals surface area (Å²) in [7, 11) is 0. The molecule has 0 bridgehead atoms. The summed E-state index contributed by atoms with van der Waals surface area (Å²) in [5.74, 6) is -1.88. The van der Waals surface area contributed by atoms with Gasteiger partial charge in [0.05, 0.1) is 12.6 Å². The van der Waals surface area contributed by atoms with Gasteiger partial charge in [0.1, 0.15) is 5.75 Å². The number of hydrogen-bond acceptors (Lipinski definition) is 3. The first kappa shape index (κ1) is 20.6. The molecule has 0 aliphatic heterocycles. The summed E-state index contributed by atoms with van der Waals surface area (Å²) in [5, 5.41) is 7.48. The number of benzene rings is 2. The Morgan fingerprint density at radius 3 is 2.52 bits per heavy atom. The lowest BCUT2D eigenvalue weighted by atomic mass is 10.2. The molecule has 2 aromatic carbocycles. The number of ether oxygens (including phenoxy) is 1. The Morgan fingerprint density at radius 1 is 1.00 bits per heavy atom. The Balaban J connectivity index is 1.44. The van der Waals surface area contributed by atoms with Crippen molar-refractivity contribution >= 4 is 17.6 Å². The number of carbonyl (C=O) groups excluding carboxylic acids is 2. The fourth-order valence-corrected chi connectivity index (χ4v) is 3.13. The van der Waals surface area contributed by atoms with E-state index in [1.807, 2.05) is 24.3 Å². The molecule has 8 heteroatoms. The highest BCUT2D eigenvalue weighted by Crippen LogP contribution is 2.26. The number of rotatable bonds is 7. The normalized spacial score (nSPS) is 13.7. The van der Waals surface area contributed by atoms with Crippen LogP contribution < -0.4 is 20.7 Å². The molecule has 1 fully saturated rings. The number of amides is 3. The second kappa shape index (κ2) is 9.86. The molecule has 3 rings (SSSR count). The Kier molecular flexibility index (Phi) is 6.99. The van der Waals surface area contributed by atoms with E-state index in [-0.39, 0.29) is 24.9 Å². The van der Waals surface area contributed by atoms with Crippen molar-refractivity contribution in [2.24, 2.45) is 0 Å². The molecular formula is C21H23F2N3O3. The average Bonchev–Trinajstić information content (AvgIpc) is 3.22. The topological polar surface area (TPSA) is 79.5 Å². The van der Waals surface area contributed by atoms with Crippen molar-refractivity contribution in [1.29, 1.82) is 0 Å². The predicted octanol–water partition coefficient (Wildman–Crippen LogP) is 3.72. The van der Waals surface area contributed by atoms with Crippen molar-refractivity contribution in [3.63, 3.8) is 0 Å². The average molecular weight is 403 g/mol. The maximum Gasteiger partial charge on any atom is 0.315 e. The van der Waals surface area contributed by atoms with Gasteiger partial charge in [0.25, 0.3) is 0 Å². The van der Waals surface area contributed by atoms with Gasteiger partial charge in [-0.3, -0.25) is 4.79 Å². The van der Waals surface area contributed by atoms with Crippen LogP contribution in [0.1, 0.15) is 31.2 Å². The van der Waals surface area contributed by atoms with Crippen LogP contribution in [0.4, 0.5) is 19.3 Å². The number of urea groups is 1. The van der Waals surface area contributed by atoms with E-state index in [4.69, 9.17) is 4.74 Å². The first-order chi connectivity index (χ1) is 14.0. The minimum absolute atomic E-state index is 0.106. The van der Waals surface area contributed by atoms with Gasteiger partial charge in [0.15, 0.2) is 11.6 Å². The van der Waals surface area contributed by atoms with E-state index in [9.17, 15) is 18.4 Å². The molecule has 0 heterocycles. The van der Waals surface area contributed by atoms with E-state index in [1.54, 1.807) is 0 Å². The van der Waals surface area contributed by atoms with Gasteiger partial charge in [0, 0.05) is 23.9 Å². The van der Waals surface area contributed by atoms with Crippen molar-refractivity contribution in [2.75, 3.05) is 11.9 Å². The summed E-state index contributed by atoms with van der Waals surface area (Å²) < 4.78 is 32.1. The molecule has 1 aliphatic rings. The van der Waals surface area contributed by atoms with Crippen LogP contribution in [0.2, 0.25) is 0 Å². The molecule has 2 aromatic rings. The van der Waals surface area contributed by atoms with Crippen molar-refractivity contribution in [2.45, 2.75) is 38.3 Å². The lowest BCUT2D eigenvalue weighted by Crippen LogP contribution is -2.39. The lowest BCUT2D eigenvalue weighted by molar-refractivity contribution is -0.115. The van der Waals surface area contributed by atoms with Crippen LogP contribution in [0.15, 0.2) is 42.5 Å². The molecule has 29 heavy (non-hydrogen) atoms. The van der Waals surface area contributed by atoms with Gasteiger partial charge in [-0.2, -0.15) is 0 Å². The monoisotopic (exact) mass is 403 g/mol. The van der Waals surface area contributed by atoms with Crippen LogP contribution in [-0.4, -0.2) is 24.6 Å². The molecule has 154 valence electrons. The molecule has 0 atom stereocenters. The van der Waals surface area contributed by atoms with E-state index in [2.05, 4.69) is 16.0 Å². The SMILES string of the molecule is O=C(CNC(=O)NCc1ccccc1OC1CCCC1)Nc1ccc(F)c(F)c1. The summed E-state index contributed by atoms with van der Waals surface area (Å²) in [4.78, 5) is 23.8. The highest BCUT2D eigenvalue weighted by Gasteiger charge is 2.18. The molecule has 1 saturated carbocycles. The zero-order valence-corrected chi connectivity index (χ0v) is 15.8. The number of nitrogens with one attached hydrogen (secondary N) is 3. The quantitative estimate of drug-likeness (QED) is 0.659. The lowest BCUT2D eigenvalue weighted by Gasteiger charge is -2.17. The number of anilines is 1. The summed E-state index contributed by atoms with van der Waals surface area (Å²) in [6.45, 7) is -0.0649. The van der Waals surface area contributed by atoms with Gasteiger partial charge >= 0.3 is 6.03 Å². The van der Waals surface area contributed by atoms with Gasteiger partial charge in [-0.15, -0.1) is 0 Å². The third kappa shape index (κ3) is 6.17. The zero-order chi connectivity index (χ0) is 20.6. The maximum atomic E-state index is 13.1. The number of halogens is 2. The summed E-state index contributed by atoms with van der Waals surface area (Å²) in [6.07, 6.45) is 4.62. The van der Waals surface area contributed by atoms with Crippen molar-refractivity contribution in [3.8, 4) is 5.75 Å². The largest absolute Gasteiger partial charge is 0.490 e. The fourth-order valence-electron chi connectivity index (χ4n) is 3.13. The summed E-state index contributed by atoms with van der Waals surface area (Å²) >= 11 is 0. The molecular weight excluding hydrogens is 380 g/mol. The van der Waals surface area contributed by atoms with Crippen molar-refractivity contribution in [1.82, 2.24) is 10.6 Å². The van der Waals surface area contributed by atoms with E-state index in [1.165, 1.54) is 18.9 Å². The van der Waals surface area contributed by atoms with Crippen molar-refractivity contribution < 1.29 is 23.1 Å². The minimum atomic E-state index is -1.06. The Hall–Kier alpha value is -3.16. The standard InChI is InChI=1S/C21H23F2N3O3/c22-17-10-9-15(11-18(17)23)26-20(27)13-25-21(28)24-12-14-5-1-4-8-19(14)29-16-6-2-3-7-16/h1,4-5,8-11,16H,2-3,6-7,12-13H2,(H,26,27)(H2,24,25,28). The van der Waals surface area contributed by atoms with Crippen LogP contribution in [0.5, 0.6) is 5.75 Å². The Labute approximate surface area is 167 Å². The molecule has 6 nitrogen and oxygen atoms in total. The molecule has 3 amide bonds. The third-order valence-electron chi connectivity index (χ3n) is 4.62. The molecule has 0 saturated heterocycles. The molecule has 3 N–H and O–H groups in total. The zero-order valence-electron chi connectivity index (χ0n) is 15.8. The molecule has 0 spiro atoms. The van der Waals surface area contributed by atoms with Crippen LogP contribution in [-0.2, 0) is 11.3 Å². The highest BCUT2D eigenvalue weighted by molar-refractivity contribution is 5.94. The maximum absolute atomic E-state index is 13.1. The highest BCUT2D eigenvalue weighted by atomic mass is 19.2. The fraction of sp³-hybridized carbons (Fsp3) is 0.333. The van der Waals surface area contributed by atoms with E-state index >= 15 is 0 Å². The van der Waals surface area contributed by atoms with Crippen LogP contribution in [0.3, 0.4) is 0 Å². The van der Waals surface area contributed by atoms with Gasteiger partial charge in [0.2, 0.25) is 5.91 Å². The second-order valence-electron chi connectivity index (χ2n) is 6.85. The summed E-state index contributed by atoms with van der Waals surface area (Å²) in [5.41, 5.74) is 0.954. The van der Waals surface area contributed by atoms with Crippen LogP contribution >= 0.6 is 0 Å². The second-order valence-corrected chi connectivity index (χ2v) is 6.85. The van der Waals surface area contributed by atoms with Crippen molar-refractivity contribution in [3.05, 3.63) is 59.7 Å². The molecule has 0 unspecified atom stereocenters. The summed E-state index contributed by atoms with van der Waals surface area (Å²) in [6, 6.07) is 9.99. The van der Waals surface area contributed by atoms with Gasteiger partial charge in [-0.1, -0.05) is 18.2 Å². The molecule has 1 aliphatic carbocycles. The molecule has 0 aromatic heterocycles. The minimum Gasteiger partial charge on any atom is -0.490 e. The van der Waals surface area contributed by atoms with E-state index in [0.717, 1.165) is 36.3 Å². The first-order valence-corrected chi connectivity index (χ1v) is 9.52. The van der Waals surface area contributed by atoms with Crippen LogP contribution in [0, 0.1) is 11.6 Å². The van der Waals surface area contributed by atoms with Gasteiger partial charge < -0.3 is 20.7 Å². The van der Waals surface area contributed by atoms with Gasteiger partial charge in [-0.05, 0) is 43.9 Å². The third-order valence-corrected chi connectivity index (χ3v) is 4.62. The van der Waals surface area contributed by atoms with E-state index < -0.39 is 23.6 Å². The Morgan fingerprint density at radius 2 is 1.76 bits per heavy atom. The molecule has 0 radical (unpaired) electrons. The number of para-hydroxylation sites is 1. The predicted molar refractivity (Wildman–Crippen MR) is 105 cm³/mol. The smallest absolute Gasteiger partial charge is 0.315 e. The van der Waals surface area contributed by atoms with Gasteiger partial charge in [-0.25, -0.2) is 13.6 Å². The van der Waals surface area contributed by atoms with Crippen LogP contribution in [0.25, 0.3) is 0 Å².